The highest BCUT2D eigenvalue weighted by atomic mass is 19.4. The number of hydrogen-bond donors (Lipinski definition) is 1. The first kappa shape index (κ1) is 19.7. The second kappa shape index (κ2) is 7.91. The molecule has 3 aromatic rings. The molecule has 28 heavy (non-hydrogen) atoms. The van der Waals surface area contributed by atoms with Crippen LogP contribution < -0.4 is 5.32 Å². The van der Waals surface area contributed by atoms with E-state index in [4.69, 9.17) is 0 Å². The zero-order valence-corrected chi connectivity index (χ0v) is 14.7. The van der Waals surface area contributed by atoms with E-state index in [1.807, 2.05) is 6.92 Å². The van der Waals surface area contributed by atoms with E-state index in [-0.39, 0.29) is 17.0 Å². The average molecular weight is 397 g/mol. The lowest BCUT2D eigenvalue weighted by Crippen LogP contribution is -2.04. The number of benzene rings is 2. The lowest BCUT2D eigenvalue weighted by atomic mass is 10.1. The third-order valence-corrected chi connectivity index (χ3v) is 3.90. The molecule has 2 aromatic carbocycles. The molecule has 0 saturated carbocycles. The van der Waals surface area contributed by atoms with Crippen LogP contribution in [-0.4, -0.2) is 20.2 Å². The summed E-state index contributed by atoms with van der Waals surface area (Å²) >= 11 is 0. The van der Waals surface area contributed by atoms with Crippen molar-refractivity contribution in [3.63, 3.8) is 0 Å². The summed E-state index contributed by atoms with van der Waals surface area (Å²) in [4.78, 5) is 1.35. The predicted octanol–water partition coefficient (Wildman–Crippen LogP) is 5.45. The van der Waals surface area contributed by atoms with E-state index in [1.165, 1.54) is 35.1 Å². The van der Waals surface area contributed by atoms with E-state index < -0.39 is 18.2 Å². The van der Waals surface area contributed by atoms with E-state index in [1.54, 1.807) is 0 Å². The third-order valence-electron chi connectivity index (χ3n) is 3.90. The molecule has 1 aromatic heterocycles. The van der Waals surface area contributed by atoms with Crippen molar-refractivity contribution in [3.8, 4) is 11.4 Å². The molecule has 0 spiro atoms. The number of aromatic nitrogens is 4. The first-order chi connectivity index (χ1) is 13.3. The Morgan fingerprint density at radius 3 is 2.39 bits per heavy atom. The first-order valence-corrected chi connectivity index (χ1v) is 8.42. The van der Waals surface area contributed by atoms with Crippen molar-refractivity contribution in [3.05, 3.63) is 53.6 Å². The van der Waals surface area contributed by atoms with Crippen molar-refractivity contribution in [2.45, 2.75) is 32.5 Å². The fourth-order valence-electron chi connectivity index (χ4n) is 2.54. The first-order valence-electron chi connectivity index (χ1n) is 8.42. The highest BCUT2D eigenvalue weighted by Crippen LogP contribution is 2.34. The van der Waals surface area contributed by atoms with Crippen LogP contribution >= 0.6 is 0 Å². The largest absolute Gasteiger partial charge is 0.416 e. The van der Waals surface area contributed by atoms with Gasteiger partial charge in [-0.05, 0) is 48.0 Å². The maximum Gasteiger partial charge on any atom is 0.416 e. The van der Waals surface area contributed by atoms with Gasteiger partial charge in [0, 0.05) is 22.5 Å². The average Bonchev–Trinajstić information content (AvgIpc) is 3.10. The number of nitrogens with zero attached hydrogens (tertiary/aromatic N) is 4. The SMILES string of the molecule is CCCn1nnc(-c2cc(C(F)F)ccc2Nc2ccc(C(F)(F)F)cc2)n1. The normalized spacial score (nSPS) is 11.8. The molecule has 3 rings (SSSR count). The molecule has 0 amide bonds. The molecule has 0 unspecified atom stereocenters. The fourth-order valence-corrected chi connectivity index (χ4v) is 2.54. The predicted molar refractivity (Wildman–Crippen MR) is 93.2 cm³/mol. The Bertz CT molecular complexity index is 934. The monoisotopic (exact) mass is 397 g/mol. The molecule has 0 aliphatic heterocycles. The topological polar surface area (TPSA) is 55.6 Å². The minimum atomic E-state index is -4.44. The summed E-state index contributed by atoms with van der Waals surface area (Å²) in [6.45, 7) is 2.45. The second-order valence-electron chi connectivity index (χ2n) is 6.01. The Hall–Kier alpha value is -3.04. The molecule has 148 valence electrons. The zero-order valence-electron chi connectivity index (χ0n) is 14.7. The number of halogens is 5. The Balaban J connectivity index is 1.95. The van der Waals surface area contributed by atoms with Crippen molar-refractivity contribution < 1.29 is 22.0 Å². The standard InChI is InChI=1S/C18H16F5N5/c1-2-9-28-26-17(25-27-28)14-10-11(16(19)20)3-8-15(14)24-13-6-4-12(5-7-13)18(21,22)23/h3-8,10,16,24H,2,9H2,1H3. The molecular formula is C18H16F5N5. The van der Waals surface area contributed by atoms with Crippen molar-refractivity contribution in [1.82, 2.24) is 20.2 Å². The van der Waals surface area contributed by atoms with E-state index in [0.717, 1.165) is 18.6 Å². The molecule has 0 saturated heterocycles. The number of anilines is 2. The van der Waals surface area contributed by atoms with Crippen LogP contribution in [0.2, 0.25) is 0 Å². The van der Waals surface area contributed by atoms with Gasteiger partial charge in [-0.3, -0.25) is 0 Å². The summed E-state index contributed by atoms with van der Waals surface area (Å²) in [5, 5.41) is 14.9. The summed E-state index contributed by atoms with van der Waals surface area (Å²) in [6, 6.07) is 8.27. The van der Waals surface area contributed by atoms with Crippen molar-refractivity contribution in [2.75, 3.05) is 5.32 Å². The molecule has 0 aliphatic rings. The fraction of sp³-hybridized carbons (Fsp3) is 0.278. The molecule has 1 N–H and O–H groups in total. The number of nitrogens with one attached hydrogen (secondary N) is 1. The second-order valence-corrected chi connectivity index (χ2v) is 6.01. The Labute approximate surface area is 157 Å². The van der Waals surface area contributed by atoms with Gasteiger partial charge in [0.05, 0.1) is 12.1 Å². The lowest BCUT2D eigenvalue weighted by Gasteiger charge is -2.13. The summed E-state index contributed by atoms with van der Waals surface area (Å²) < 4.78 is 64.3. The molecule has 0 radical (unpaired) electrons. The molecular weight excluding hydrogens is 381 g/mol. The summed E-state index contributed by atoms with van der Waals surface area (Å²) in [5.74, 6) is 0.144. The summed E-state index contributed by atoms with van der Waals surface area (Å²) in [6.07, 6.45) is -6.36. The van der Waals surface area contributed by atoms with Gasteiger partial charge in [-0.2, -0.15) is 18.0 Å². The van der Waals surface area contributed by atoms with Crippen LogP contribution in [0.1, 0.15) is 30.9 Å². The van der Waals surface area contributed by atoms with Gasteiger partial charge in [0.15, 0.2) is 0 Å². The maximum absolute atomic E-state index is 13.1. The van der Waals surface area contributed by atoms with Crippen LogP contribution in [0.25, 0.3) is 11.4 Å². The van der Waals surface area contributed by atoms with Gasteiger partial charge in [0.25, 0.3) is 6.43 Å². The van der Waals surface area contributed by atoms with Crippen LogP contribution in [0.3, 0.4) is 0 Å². The molecule has 0 bridgehead atoms. The van der Waals surface area contributed by atoms with Crippen LogP contribution in [0.5, 0.6) is 0 Å². The van der Waals surface area contributed by atoms with Gasteiger partial charge in [0.1, 0.15) is 0 Å². The molecule has 1 heterocycles. The van der Waals surface area contributed by atoms with E-state index in [0.29, 0.717) is 17.9 Å². The van der Waals surface area contributed by atoms with Gasteiger partial charge >= 0.3 is 6.18 Å². The van der Waals surface area contributed by atoms with Gasteiger partial charge < -0.3 is 5.32 Å². The van der Waals surface area contributed by atoms with Crippen LogP contribution in [0, 0.1) is 0 Å². The van der Waals surface area contributed by atoms with Crippen molar-refractivity contribution in [2.24, 2.45) is 0 Å². The van der Waals surface area contributed by atoms with Gasteiger partial charge in [-0.25, -0.2) is 8.78 Å². The van der Waals surface area contributed by atoms with Gasteiger partial charge in [-0.1, -0.05) is 13.0 Å². The molecule has 0 fully saturated rings. The maximum atomic E-state index is 13.1. The quantitative estimate of drug-likeness (QED) is 0.562. The number of tetrazole rings is 1. The van der Waals surface area contributed by atoms with E-state index in [9.17, 15) is 22.0 Å². The van der Waals surface area contributed by atoms with Gasteiger partial charge in [-0.15, -0.1) is 10.2 Å². The minimum Gasteiger partial charge on any atom is -0.355 e. The van der Waals surface area contributed by atoms with Gasteiger partial charge in [0.2, 0.25) is 5.82 Å². The minimum absolute atomic E-state index is 0.144. The van der Waals surface area contributed by atoms with E-state index >= 15 is 0 Å². The number of alkyl halides is 5. The third kappa shape index (κ3) is 4.44. The van der Waals surface area contributed by atoms with Crippen LogP contribution in [0.4, 0.5) is 33.3 Å². The highest BCUT2D eigenvalue weighted by Gasteiger charge is 2.30. The number of rotatable bonds is 6. The lowest BCUT2D eigenvalue weighted by molar-refractivity contribution is -0.137. The highest BCUT2D eigenvalue weighted by molar-refractivity contribution is 5.78. The van der Waals surface area contributed by atoms with E-state index in [2.05, 4.69) is 20.7 Å². The molecule has 0 atom stereocenters. The smallest absolute Gasteiger partial charge is 0.355 e. The van der Waals surface area contributed by atoms with Crippen molar-refractivity contribution >= 4 is 11.4 Å². The Morgan fingerprint density at radius 1 is 1.07 bits per heavy atom. The van der Waals surface area contributed by atoms with Crippen LogP contribution in [-0.2, 0) is 12.7 Å². The number of hydrogen-bond acceptors (Lipinski definition) is 4. The summed E-state index contributed by atoms with van der Waals surface area (Å²) in [7, 11) is 0. The molecule has 10 heteroatoms. The van der Waals surface area contributed by atoms with Crippen molar-refractivity contribution in [1.29, 1.82) is 0 Å². The van der Waals surface area contributed by atoms with Crippen LogP contribution in [0.15, 0.2) is 42.5 Å². The Kier molecular flexibility index (Phi) is 5.57. The number of aryl methyl sites for hydroxylation is 1. The molecule has 5 nitrogen and oxygen atoms in total. The zero-order chi connectivity index (χ0) is 20.3. The molecule has 0 aliphatic carbocycles. The summed E-state index contributed by atoms with van der Waals surface area (Å²) in [5.41, 5.74) is 0.00978. The Morgan fingerprint density at radius 2 is 1.79 bits per heavy atom.